The molecule has 2 aliphatic rings. The Morgan fingerprint density at radius 1 is 0.974 bits per heavy atom. The Labute approximate surface area is 227 Å². The molecule has 5 rings (SSSR count). The average molecular weight is 534 g/mol. The second kappa shape index (κ2) is 10.9. The number of likely N-dealkylation sites (N-methyl/N-ethyl adjacent to an activating group) is 1. The fraction of sp³-hybridized carbons (Fsp3) is 0.310. The quantitative estimate of drug-likeness (QED) is 0.440. The highest BCUT2D eigenvalue weighted by molar-refractivity contribution is 6.34. The molecular weight excluding hydrogens is 502 g/mol. The van der Waals surface area contributed by atoms with Crippen LogP contribution in [0.25, 0.3) is 22.3 Å². The molecule has 2 fully saturated rings. The molecule has 3 aromatic carbocycles. The third-order valence-electron chi connectivity index (χ3n) is 7.18. The van der Waals surface area contributed by atoms with Crippen LogP contribution in [0.3, 0.4) is 0 Å². The molecule has 2 saturated heterocycles. The number of phenolic OH excluding ortho intramolecular Hbond substituents is 1. The molecule has 0 radical (unpaired) electrons. The lowest BCUT2D eigenvalue weighted by atomic mass is 9.95. The number of halogens is 1. The highest BCUT2D eigenvalue weighted by atomic mass is 35.5. The number of amides is 3. The van der Waals surface area contributed by atoms with Crippen LogP contribution in [0.2, 0.25) is 5.02 Å². The van der Waals surface area contributed by atoms with E-state index in [9.17, 15) is 14.7 Å². The van der Waals surface area contributed by atoms with Crippen molar-refractivity contribution in [1.29, 1.82) is 0 Å². The Kier molecular flexibility index (Phi) is 7.44. The molecule has 8 nitrogen and oxygen atoms in total. The third kappa shape index (κ3) is 5.14. The van der Waals surface area contributed by atoms with Crippen LogP contribution in [0, 0.1) is 0 Å². The van der Waals surface area contributed by atoms with Crippen molar-refractivity contribution in [3.8, 4) is 28.0 Å². The Balaban J connectivity index is 1.49. The summed E-state index contributed by atoms with van der Waals surface area (Å²) in [6, 6.07) is 17.2. The minimum atomic E-state index is -0.0771. The number of aromatic hydroxyl groups is 1. The molecule has 0 aromatic heterocycles. The first kappa shape index (κ1) is 25.9. The average Bonchev–Trinajstić information content (AvgIpc) is 3.25. The summed E-state index contributed by atoms with van der Waals surface area (Å²) in [5.41, 5.74) is 5.77. The van der Waals surface area contributed by atoms with Gasteiger partial charge in [-0.25, -0.2) is 4.79 Å². The number of hydrogen-bond donors (Lipinski definition) is 3. The Hall–Kier alpha value is -3.75. The van der Waals surface area contributed by atoms with E-state index in [0.29, 0.717) is 41.5 Å². The molecule has 3 aromatic rings. The molecule has 9 heteroatoms. The monoisotopic (exact) mass is 533 g/mol. The molecule has 198 valence electrons. The summed E-state index contributed by atoms with van der Waals surface area (Å²) in [5, 5.41) is 18.1. The maximum Gasteiger partial charge on any atom is 0.324 e. The van der Waals surface area contributed by atoms with Gasteiger partial charge in [0, 0.05) is 76.6 Å². The van der Waals surface area contributed by atoms with Crippen LogP contribution in [-0.4, -0.2) is 68.3 Å². The number of anilines is 2. The molecule has 0 unspecified atom stereocenters. The molecule has 0 spiro atoms. The first-order valence-corrected chi connectivity index (χ1v) is 13.2. The van der Waals surface area contributed by atoms with Crippen molar-refractivity contribution < 1.29 is 14.7 Å². The molecule has 0 aliphatic carbocycles. The Bertz CT molecular complexity index is 1370. The lowest BCUT2D eigenvalue weighted by Crippen LogP contribution is -2.44. The first-order valence-electron chi connectivity index (χ1n) is 12.8. The van der Waals surface area contributed by atoms with Gasteiger partial charge in [0.05, 0.1) is 10.7 Å². The summed E-state index contributed by atoms with van der Waals surface area (Å²) >= 11 is 6.62. The van der Waals surface area contributed by atoms with Crippen LogP contribution in [0.5, 0.6) is 5.75 Å². The fourth-order valence-electron chi connectivity index (χ4n) is 5.07. The van der Waals surface area contributed by atoms with Crippen molar-refractivity contribution in [3.05, 3.63) is 65.2 Å². The molecule has 0 saturated carbocycles. The zero-order chi connectivity index (χ0) is 26.8. The smallest absolute Gasteiger partial charge is 0.324 e. The number of piperazine rings is 1. The van der Waals surface area contributed by atoms with Gasteiger partial charge in [0.15, 0.2) is 0 Å². The lowest BCUT2D eigenvalue weighted by Gasteiger charge is -2.31. The van der Waals surface area contributed by atoms with Gasteiger partial charge >= 0.3 is 6.03 Å². The molecule has 38 heavy (non-hydrogen) atoms. The number of urea groups is 1. The number of carbonyl (C=O) groups excluding carboxylic acids is 2. The minimum absolute atomic E-state index is 0.0727. The van der Waals surface area contributed by atoms with Gasteiger partial charge in [0.25, 0.3) is 0 Å². The number of para-hydroxylation sites is 1. The lowest BCUT2D eigenvalue weighted by molar-refractivity contribution is -0.119. The molecular formula is C29H32ClN5O3. The zero-order valence-corrected chi connectivity index (χ0v) is 22.4. The summed E-state index contributed by atoms with van der Waals surface area (Å²) in [6.45, 7) is 6.71. The second-order valence-electron chi connectivity index (χ2n) is 9.71. The summed E-state index contributed by atoms with van der Waals surface area (Å²) in [4.78, 5) is 29.6. The van der Waals surface area contributed by atoms with E-state index in [0.717, 1.165) is 48.6 Å². The predicted molar refractivity (Wildman–Crippen MR) is 152 cm³/mol. The number of phenols is 1. The topological polar surface area (TPSA) is 88.2 Å². The molecule has 2 heterocycles. The van der Waals surface area contributed by atoms with E-state index in [1.165, 1.54) is 6.92 Å². The predicted octanol–water partition coefficient (Wildman–Crippen LogP) is 4.30. The number of rotatable bonds is 6. The van der Waals surface area contributed by atoms with E-state index in [1.807, 2.05) is 42.5 Å². The summed E-state index contributed by atoms with van der Waals surface area (Å²) in [7, 11) is 1.77. The summed E-state index contributed by atoms with van der Waals surface area (Å²) < 4.78 is 0. The number of benzene rings is 3. The highest BCUT2D eigenvalue weighted by Gasteiger charge is 2.28. The first-order chi connectivity index (χ1) is 18.3. The molecule has 0 atom stereocenters. The van der Waals surface area contributed by atoms with Gasteiger partial charge in [0.1, 0.15) is 5.75 Å². The van der Waals surface area contributed by atoms with Gasteiger partial charge in [0.2, 0.25) is 5.91 Å². The van der Waals surface area contributed by atoms with Gasteiger partial charge in [-0.2, -0.15) is 0 Å². The molecule has 3 N–H and O–H groups in total. The number of nitrogens with one attached hydrogen (secondary N) is 2. The molecule has 3 amide bonds. The SMILES string of the molecule is CC(=O)NCc1ccc(-c2cccc(-c3ccc(N4CCN(C)C4=O)c(Cl)c3)c2O)cc1N1CCNCC1. The van der Waals surface area contributed by atoms with Crippen molar-refractivity contribution in [1.82, 2.24) is 15.5 Å². The maximum absolute atomic E-state index is 12.4. The van der Waals surface area contributed by atoms with Crippen molar-refractivity contribution in [2.75, 3.05) is 56.1 Å². The number of hydrogen-bond acceptors (Lipinski definition) is 5. The van der Waals surface area contributed by atoms with Crippen LogP contribution in [0.15, 0.2) is 54.6 Å². The van der Waals surface area contributed by atoms with Crippen molar-refractivity contribution in [3.63, 3.8) is 0 Å². The van der Waals surface area contributed by atoms with Crippen LogP contribution < -0.4 is 20.4 Å². The van der Waals surface area contributed by atoms with Gasteiger partial charge < -0.3 is 25.5 Å². The summed E-state index contributed by atoms with van der Waals surface area (Å²) in [5.74, 6) is 0.0886. The van der Waals surface area contributed by atoms with Gasteiger partial charge in [-0.3, -0.25) is 9.69 Å². The molecule has 2 aliphatic heterocycles. The van der Waals surface area contributed by atoms with E-state index in [4.69, 9.17) is 11.6 Å². The standard InChI is InChI=1S/C29H32ClN5O3/c1-19(36)32-18-22-7-6-21(17-27(22)34-12-10-31-11-13-34)24-5-3-4-23(28(24)37)20-8-9-26(25(30)16-20)35-15-14-33(2)29(35)38/h3-9,16-17,31,37H,10-15,18H2,1-2H3,(H,32,36). The van der Waals surface area contributed by atoms with Crippen LogP contribution >= 0.6 is 11.6 Å². The number of nitrogens with zero attached hydrogens (tertiary/aromatic N) is 3. The van der Waals surface area contributed by atoms with E-state index >= 15 is 0 Å². The van der Waals surface area contributed by atoms with E-state index in [-0.39, 0.29) is 17.7 Å². The van der Waals surface area contributed by atoms with Gasteiger partial charge in [-0.15, -0.1) is 0 Å². The Morgan fingerprint density at radius 3 is 2.29 bits per heavy atom. The van der Waals surface area contributed by atoms with Crippen LogP contribution in [0.4, 0.5) is 16.2 Å². The zero-order valence-electron chi connectivity index (χ0n) is 21.6. The fourth-order valence-corrected chi connectivity index (χ4v) is 5.36. The summed E-state index contributed by atoms with van der Waals surface area (Å²) in [6.07, 6.45) is 0. The van der Waals surface area contributed by atoms with E-state index < -0.39 is 0 Å². The Morgan fingerprint density at radius 2 is 1.66 bits per heavy atom. The van der Waals surface area contributed by atoms with Gasteiger partial charge in [-0.1, -0.05) is 48.0 Å². The highest BCUT2D eigenvalue weighted by Crippen LogP contribution is 2.41. The van der Waals surface area contributed by atoms with Crippen LogP contribution in [0.1, 0.15) is 12.5 Å². The van der Waals surface area contributed by atoms with E-state index in [2.05, 4.69) is 21.6 Å². The van der Waals surface area contributed by atoms with Crippen LogP contribution in [-0.2, 0) is 11.3 Å². The largest absolute Gasteiger partial charge is 0.507 e. The number of carbonyl (C=O) groups is 2. The van der Waals surface area contributed by atoms with Crippen molar-refractivity contribution >= 4 is 34.9 Å². The third-order valence-corrected chi connectivity index (χ3v) is 7.49. The van der Waals surface area contributed by atoms with E-state index in [1.54, 1.807) is 22.9 Å². The van der Waals surface area contributed by atoms with Gasteiger partial charge in [-0.05, 0) is 34.9 Å². The van der Waals surface area contributed by atoms with Crippen molar-refractivity contribution in [2.24, 2.45) is 0 Å². The maximum atomic E-state index is 12.4. The molecule has 0 bridgehead atoms. The van der Waals surface area contributed by atoms with Crippen molar-refractivity contribution in [2.45, 2.75) is 13.5 Å². The minimum Gasteiger partial charge on any atom is -0.507 e. The second-order valence-corrected chi connectivity index (χ2v) is 10.1. The normalized spacial score (nSPS) is 15.8.